The number of rotatable bonds is 13. The maximum atomic E-state index is 15.6. The Morgan fingerprint density at radius 2 is 1.67 bits per heavy atom. The zero-order chi connectivity index (χ0) is 42.6. The van der Waals surface area contributed by atoms with Gasteiger partial charge in [-0.15, -0.1) is 0 Å². The molecule has 0 aromatic heterocycles. The number of benzene rings is 3. The van der Waals surface area contributed by atoms with Crippen molar-refractivity contribution in [3.05, 3.63) is 88.7 Å². The number of nitrogens with one attached hydrogen (secondary N) is 1. The maximum absolute atomic E-state index is 15.6. The van der Waals surface area contributed by atoms with E-state index in [1.807, 2.05) is 0 Å². The SMILES string of the molecule is COCP(=O)(NC(C)C(=O)OC(C)C)Oc1ccc(COC(=O)N(C)C(=O)c2ccc(N3C(=S)N(c4ccc(C#N)c(C(F)(F)F)c4)C(=O)C3(C)C)cc2F)cc1. The molecule has 1 aliphatic heterocycles. The third-order valence-corrected chi connectivity index (χ3v) is 10.6. The third-order valence-electron chi connectivity index (χ3n) is 8.31. The van der Waals surface area contributed by atoms with Crippen molar-refractivity contribution in [1.82, 2.24) is 9.99 Å². The number of alkyl halides is 3. The molecule has 1 N–H and O–H groups in total. The van der Waals surface area contributed by atoms with Crippen molar-refractivity contribution in [3.8, 4) is 11.8 Å². The Morgan fingerprint density at radius 1 is 1.04 bits per heavy atom. The van der Waals surface area contributed by atoms with E-state index in [2.05, 4.69) is 5.09 Å². The molecule has 1 heterocycles. The highest BCUT2D eigenvalue weighted by molar-refractivity contribution is 7.81. The van der Waals surface area contributed by atoms with Gasteiger partial charge in [-0.05, 0) is 101 Å². The standard InChI is InChI=1S/C37H38F4N5O9PS/c1-21(2)54-32(48)22(3)43-56(51,20-52-7)55-27-13-8-23(9-14-27)19-53-35(50)44(6)31(47)28-15-12-26(17-30(28)38)46-34(57)45(33(49)36(46,4)5)25-11-10-24(18-42)29(16-25)37(39,40)41/h8-17,21-22H,19-20H2,1-7H3,(H,43,51). The number of esters is 1. The zero-order valence-corrected chi connectivity index (χ0v) is 33.4. The Kier molecular flexibility index (Phi) is 13.5. The number of halogens is 4. The van der Waals surface area contributed by atoms with Crippen molar-refractivity contribution < 1.29 is 60.0 Å². The molecule has 57 heavy (non-hydrogen) atoms. The molecule has 1 fully saturated rings. The molecule has 3 aromatic rings. The number of amides is 3. The van der Waals surface area contributed by atoms with Crippen LogP contribution in [0, 0.1) is 17.1 Å². The fourth-order valence-corrected chi connectivity index (χ4v) is 7.74. The van der Waals surface area contributed by atoms with Gasteiger partial charge in [0.05, 0.1) is 34.6 Å². The van der Waals surface area contributed by atoms with Gasteiger partial charge in [-0.1, -0.05) is 12.1 Å². The molecule has 20 heteroatoms. The molecule has 14 nitrogen and oxygen atoms in total. The number of ether oxygens (including phenoxy) is 3. The fraction of sp³-hybridized carbons (Fsp3) is 0.351. The Balaban J connectivity index is 1.43. The predicted octanol–water partition coefficient (Wildman–Crippen LogP) is 7.15. The lowest BCUT2D eigenvalue weighted by molar-refractivity contribution is -0.149. The van der Waals surface area contributed by atoms with Gasteiger partial charge in [-0.3, -0.25) is 23.8 Å². The van der Waals surface area contributed by atoms with Crippen molar-refractivity contribution in [3.63, 3.8) is 0 Å². The van der Waals surface area contributed by atoms with E-state index >= 15 is 4.39 Å². The summed E-state index contributed by atoms with van der Waals surface area (Å²) in [5, 5.41) is 11.5. The molecule has 2 atom stereocenters. The van der Waals surface area contributed by atoms with Crippen LogP contribution >= 0.6 is 19.7 Å². The minimum absolute atomic E-state index is 0.0188. The highest BCUT2D eigenvalue weighted by atomic mass is 32.1. The van der Waals surface area contributed by atoms with Gasteiger partial charge in [0.25, 0.3) is 11.8 Å². The molecule has 0 saturated carbocycles. The first-order chi connectivity index (χ1) is 26.5. The van der Waals surface area contributed by atoms with Crippen LogP contribution in [0.3, 0.4) is 0 Å². The first-order valence-corrected chi connectivity index (χ1v) is 19.2. The number of hydrogen-bond donors (Lipinski definition) is 1. The van der Waals surface area contributed by atoms with Crippen LogP contribution in [0.25, 0.3) is 0 Å². The van der Waals surface area contributed by atoms with Crippen molar-refractivity contribution >= 4 is 60.1 Å². The number of anilines is 2. The summed E-state index contributed by atoms with van der Waals surface area (Å²) < 4.78 is 91.0. The largest absolute Gasteiger partial charge is 0.462 e. The summed E-state index contributed by atoms with van der Waals surface area (Å²) in [6.45, 7) is 7.31. The minimum Gasteiger partial charge on any atom is -0.462 e. The minimum atomic E-state index is -4.91. The van der Waals surface area contributed by atoms with Crippen LogP contribution in [0.1, 0.15) is 61.7 Å². The van der Waals surface area contributed by atoms with Crippen LogP contribution in [0.2, 0.25) is 0 Å². The van der Waals surface area contributed by atoms with Crippen LogP contribution in [-0.2, 0) is 41.1 Å². The number of nitriles is 1. The number of nitrogens with zero attached hydrogens (tertiary/aromatic N) is 4. The van der Waals surface area contributed by atoms with Crippen molar-refractivity contribution in [1.29, 1.82) is 5.26 Å². The Hall–Kier alpha value is -5.41. The molecule has 0 aliphatic carbocycles. The Labute approximate surface area is 330 Å². The lowest BCUT2D eigenvalue weighted by atomic mass is 10.0. The number of carbonyl (C=O) groups excluding carboxylic acids is 4. The normalized spacial score (nSPS) is 15.5. The van der Waals surface area contributed by atoms with Crippen LogP contribution in [0.4, 0.5) is 33.7 Å². The average Bonchev–Trinajstić information content (AvgIpc) is 3.31. The maximum Gasteiger partial charge on any atom is 0.417 e. The van der Waals surface area contributed by atoms with Gasteiger partial charge < -0.3 is 23.6 Å². The molecular formula is C37H38F4N5O9PS. The number of hydrogen-bond acceptors (Lipinski definition) is 11. The smallest absolute Gasteiger partial charge is 0.417 e. The van der Waals surface area contributed by atoms with Gasteiger partial charge in [0, 0.05) is 19.8 Å². The van der Waals surface area contributed by atoms with Crippen LogP contribution in [-0.4, -0.2) is 72.1 Å². The van der Waals surface area contributed by atoms with Gasteiger partial charge in [0.1, 0.15) is 36.1 Å². The van der Waals surface area contributed by atoms with Gasteiger partial charge in [-0.25, -0.2) is 19.2 Å². The number of thiocarbonyl (C=S) groups is 1. The molecule has 1 saturated heterocycles. The average molecular weight is 836 g/mol. The van der Waals surface area contributed by atoms with Gasteiger partial charge >= 0.3 is 25.8 Å². The van der Waals surface area contributed by atoms with Crippen molar-refractivity contribution in [2.45, 2.75) is 65.1 Å². The molecular weight excluding hydrogens is 797 g/mol. The van der Waals surface area contributed by atoms with Crippen LogP contribution in [0.15, 0.2) is 60.7 Å². The summed E-state index contributed by atoms with van der Waals surface area (Å²) in [5.74, 6) is -3.44. The fourth-order valence-electron chi connectivity index (χ4n) is 5.54. The quantitative estimate of drug-likeness (QED) is 0.0799. The van der Waals surface area contributed by atoms with Crippen LogP contribution in [0.5, 0.6) is 5.75 Å². The lowest BCUT2D eigenvalue weighted by Crippen LogP contribution is -2.44. The molecule has 4 rings (SSSR count). The number of methoxy groups -OCH3 is 1. The third kappa shape index (κ3) is 9.95. The molecule has 3 amide bonds. The molecule has 1 aliphatic rings. The topological polar surface area (TPSA) is 168 Å². The van der Waals surface area contributed by atoms with Crippen LogP contribution < -0.4 is 19.4 Å². The van der Waals surface area contributed by atoms with E-state index in [1.54, 1.807) is 13.8 Å². The first-order valence-electron chi connectivity index (χ1n) is 16.9. The predicted molar refractivity (Wildman–Crippen MR) is 202 cm³/mol. The van der Waals surface area contributed by atoms with Crippen molar-refractivity contribution in [2.24, 2.45) is 0 Å². The van der Waals surface area contributed by atoms with E-state index in [-0.39, 0.29) is 41.3 Å². The highest BCUT2D eigenvalue weighted by Gasteiger charge is 2.51. The van der Waals surface area contributed by atoms with Gasteiger partial charge in [0.15, 0.2) is 5.11 Å². The second-order valence-electron chi connectivity index (χ2n) is 13.4. The Morgan fingerprint density at radius 3 is 2.23 bits per heavy atom. The summed E-state index contributed by atoms with van der Waals surface area (Å²) in [6.07, 6.45) is -6.80. The van der Waals surface area contributed by atoms with E-state index in [0.29, 0.717) is 16.5 Å². The second-order valence-corrected chi connectivity index (χ2v) is 15.8. The highest BCUT2D eigenvalue weighted by Crippen LogP contribution is 2.44. The molecule has 0 bridgehead atoms. The lowest BCUT2D eigenvalue weighted by Gasteiger charge is -2.29. The van der Waals surface area contributed by atoms with Gasteiger partial charge in [0.2, 0.25) is 0 Å². The summed E-state index contributed by atoms with van der Waals surface area (Å²) in [7, 11) is -1.38. The van der Waals surface area contributed by atoms with E-state index in [1.165, 1.54) is 69.2 Å². The van der Waals surface area contributed by atoms with Crippen molar-refractivity contribution in [2.75, 3.05) is 30.3 Å². The molecule has 2 unspecified atom stereocenters. The number of carbonyl (C=O) groups is 4. The van der Waals surface area contributed by atoms with Gasteiger partial charge in [-0.2, -0.15) is 18.4 Å². The van der Waals surface area contributed by atoms with E-state index in [0.717, 1.165) is 36.2 Å². The monoisotopic (exact) mass is 835 g/mol. The summed E-state index contributed by atoms with van der Waals surface area (Å²) in [5.41, 5.74) is -3.86. The molecule has 0 spiro atoms. The molecule has 3 aromatic carbocycles. The summed E-state index contributed by atoms with van der Waals surface area (Å²) >= 11 is 5.48. The van der Waals surface area contributed by atoms with E-state index in [4.69, 9.17) is 36.2 Å². The van der Waals surface area contributed by atoms with E-state index in [9.17, 15) is 36.9 Å². The first kappa shape index (κ1) is 44.3. The second kappa shape index (κ2) is 17.4. The Bertz CT molecular complexity index is 2160. The summed E-state index contributed by atoms with van der Waals surface area (Å²) in [4.78, 5) is 54.3. The van der Waals surface area contributed by atoms with E-state index < -0.39 is 71.7 Å². The number of imide groups is 1. The molecule has 304 valence electrons. The zero-order valence-electron chi connectivity index (χ0n) is 31.7. The summed E-state index contributed by atoms with van der Waals surface area (Å²) in [6, 6.07) is 12.2. The molecule has 0 radical (unpaired) electrons.